The van der Waals surface area contributed by atoms with Crippen molar-refractivity contribution in [3.8, 4) is 11.8 Å². The van der Waals surface area contributed by atoms with E-state index in [1.807, 2.05) is 31.2 Å². The van der Waals surface area contributed by atoms with E-state index >= 15 is 0 Å². The van der Waals surface area contributed by atoms with Crippen LogP contribution in [0.4, 0.5) is 0 Å². The Morgan fingerprint density at radius 3 is 2.81 bits per heavy atom. The zero-order valence-electron chi connectivity index (χ0n) is 14.5. The van der Waals surface area contributed by atoms with E-state index in [4.69, 9.17) is 15.2 Å². The van der Waals surface area contributed by atoms with Crippen molar-refractivity contribution in [2.45, 2.75) is 19.4 Å². The van der Waals surface area contributed by atoms with E-state index in [0.717, 1.165) is 15.7 Å². The van der Waals surface area contributed by atoms with Gasteiger partial charge in [0.15, 0.2) is 0 Å². The number of aryl methyl sites for hydroxylation is 1. The van der Waals surface area contributed by atoms with E-state index in [-0.39, 0.29) is 17.0 Å². The number of nitrogens with zero attached hydrogens (tertiary/aromatic N) is 2. The van der Waals surface area contributed by atoms with E-state index in [1.54, 1.807) is 17.7 Å². The summed E-state index contributed by atoms with van der Waals surface area (Å²) in [5, 5.41) is 9.65. The highest BCUT2D eigenvalue weighted by Gasteiger charge is 2.35. The number of pyridine rings is 1. The van der Waals surface area contributed by atoms with E-state index < -0.39 is 5.92 Å². The number of rotatable bonds is 4. The van der Waals surface area contributed by atoms with Crippen LogP contribution in [-0.2, 0) is 11.3 Å². The topological polar surface area (TPSA) is 90.3 Å². The zero-order valence-corrected chi connectivity index (χ0v) is 16.0. The third kappa shape index (κ3) is 3.02. The fourth-order valence-electron chi connectivity index (χ4n) is 3.17. The molecule has 0 radical (unpaired) electrons. The standard InChI is InChI=1S/C19H18BrN3O3/c1-11-9-15-17(19(24)23(11)7-8-25-2)16(13(10-21)18(22)26-15)12-5-3-4-6-14(12)20/h3-6,9,16H,7-8,22H2,1-2H3. The Balaban J connectivity index is 2.30. The Bertz CT molecular complexity index is 988. The molecule has 1 aliphatic heterocycles. The Hall–Kier alpha value is -2.56. The second-order valence-corrected chi connectivity index (χ2v) is 6.81. The lowest BCUT2D eigenvalue weighted by Crippen LogP contribution is -2.33. The molecule has 1 aromatic heterocycles. The van der Waals surface area contributed by atoms with Gasteiger partial charge in [-0.2, -0.15) is 5.26 Å². The minimum atomic E-state index is -0.596. The lowest BCUT2D eigenvalue weighted by molar-refractivity contribution is 0.185. The van der Waals surface area contributed by atoms with Crippen molar-refractivity contribution in [1.82, 2.24) is 4.57 Å². The summed E-state index contributed by atoms with van der Waals surface area (Å²) in [6.45, 7) is 2.65. The summed E-state index contributed by atoms with van der Waals surface area (Å²) in [5.74, 6) is -0.186. The number of ether oxygens (including phenoxy) is 2. The zero-order chi connectivity index (χ0) is 18.8. The highest BCUT2D eigenvalue weighted by molar-refractivity contribution is 9.10. The summed E-state index contributed by atoms with van der Waals surface area (Å²) in [4.78, 5) is 13.2. The normalized spacial score (nSPS) is 16.0. The fraction of sp³-hybridized carbons (Fsp3) is 0.263. The van der Waals surface area contributed by atoms with Gasteiger partial charge in [-0.05, 0) is 18.6 Å². The van der Waals surface area contributed by atoms with Crippen molar-refractivity contribution in [1.29, 1.82) is 5.26 Å². The highest BCUT2D eigenvalue weighted by atomic mass is 79.9. The molecular weight excluding hydrogens is 398 g/mol. The van der Waals surface area contributed by atoms with Gasteiger partial charge in [-0.1, -0.05) is 34.1 Å². The molecule has 1 atom stereocenters. The second-order valence-electron chi connectivity index (χ2n) is 5.96. The maximum absolute atomic E-state index is 13.2. The average molecular weight is 416 g/mol. The van der Waals surface area contributed by atoms with Crippen molar-refractivity contribution in [2.75, 3.05) is 13.7 Å². The van der Waals surface area contributed by atoms with Crippen LogP contribution in [0, 0.1) is 18.3 Å². The van der Waals surface area contributed by atoms with E-state index in [1.165, 1.54) is 0 Å². The van der Waals surface area contributed by atoms with Crippen LogP contribution in [0.25, 0.3) is 0 Å². The molecule has 0 aliphatic carbocycles. The predicted molar refractivity (Wildman–Crippen MR) is 101 cm³/mol. The van der Waals surface area contributed by atoms with Gasteiger partial charge in [-0.15, -0.1) is 0 Å². The van der Waals surface area contributed by atoms with Crippen molar-refractivity contribution in [3.63, 3.8) is 0 Å². The number of allylic oxidation sites excluding steroid dienone is 1. The molecule has 1 aromatic carbocycles. The predicted octanol–water partition coefficient (Wildman–Crippen LogP) is 2.78. The molecule has 26 heavy (non-hydrogen) atoms. The van der Waals surface area contributed by atoms with Gasteiger partial charge >= 0.3 is 0 Å². The van der Waals surface area contributed by atoms with Crippen molar-refractivity contribution < 1.29 is 9.47 Å². The largest absolute Gasteiger partial charge is 0.440 e. The summed E-state index contributed by atoms with van der Waals surface area (Å²) in [7, 11) is 1.59. The van der Waals surface area contributed by atoms with E-state index in [0.29, 0.717) is 24.5 Å². The number of halogens is 1. The first kappa shape index (κ1) is 18.2. The molecule has 0 saturated heterocycles. The van der Waals surface area contributed by atoms with Crippen molar-refractivity contribution in [2.24, 2.45) is 5.73 Å². The van der Waals surface area contributed by atoms with Crippen LogP contribution in [0.15, 0.2) is 51.1 Å². The molecule has 0 spiro atoms. The quantitative estimate of drug-likeness (QED) is 0.828. The summed E-state index contributed by atoms with van der Waals surface area (Å²) in [6.07, 6.45) is 0. The maximum atomic E-state index is 13.2. The van der Waals surface area contributed by atoms with Crippen LogP contribution in [-0.4, -0.2) is 18.3 Å². The van der Waals surface area contributed by atoms with Crippen molar-refractivity contribution >= 4 is 15.9 Å². The minimum Gasteiger partial charge on any atom is -0.440 e. The van der Waals surface area contributed by atoms with Gasteiger partial charge in [0.25, 0.3) is 5.56 Å². The first-order valence-corrected chi connectivity index (χ1v) is 8.84. The van der Waals surface area contributed by atoms with E-state index in [2.05, 4.69) is 22.0 Å². The lowest BCUT2D eigenvalue weighted by atomic mass is 9.84. The third-order valence-electron chi connectivity index (χ3n) is 4.43. The number of hydrogen-bond donors (Lipinski definition) is 1. The Kier molecular flexibility index (Phi) is 5.16. The summed E-state index contributed by atoms with van der Waals surface area (Å²) < 4.78 is 13.2. The summed E-state index contributed by atoms with van der Waals surface area (Å²) in [5.41, 5.74) is 7.94. The Labute approximate surface area is 159 Å². The molecule has 3 rings (SSSR count). The second kappa shape index (κ2) is 7.36. The molecule has 134 valence electrons. The number of nitrogens with two attached hydrogens (primary N) is 1. The average Bonchev–Trinajstić information content (AvgIpc) is 2.61. The van der Waals surface area contributed by atoms with Crippen LogP contribution in [0.2, 0.25) is 0 Å². The summed E-state index contributed by atoms with van der Waals surface area (Å²) >= 11 is 3.52. The van der Waals surface area contributed by atoms with Gasteiger partial charge in [-0.3, -0.25) is 4.79 Å². The minimum absolute atomic E-state index is 0.0224. The summed E-state index contributed by atoms with van der Waals surface area (Å²) in [6, 6.07) is 11.4. The van der Waals surface area contributed by atoms with Crippen LogP contribution in [0.1, 0.15) is 22.7 Å². The van der Waals surface area contributed by atoms with Crippen LogP contribution < -0.4 is 16.0 Å². The molecule has 6 nitrogen and oxygen atoms in total. The van der Waals surface area contributed by atoms with Gasteiger partial charge in [-0.25, -0.2) is 0 Å². The van der Waals surface area contributed by atoms with Crippen molar-refractivity contribution in [3.05, 3.63) is 73.4 Å². The number of fused-ring (bicyclic) bond motifs is 1. The SMILES string of the molecule is COCCn1c(C)cc2c(c1=O)C(c1ccccc1Br)C(C#N)=C(N)O2. The number of nitriles is 1. The smallest absolute Gasteiger partial charge is 0.258 e. The fourth-order valence-corrected chi connectivity index (χ4v) is 3.68. The molecule has 1 unspecified atom stereocenters. The van der Waals surface area contributed by atoms with Gasteiger partial charge in [0.1, 0.15) is 17.4 Å². The number of hydrogen-bond acceptors (Lipinski definition) is 5. The molecule has 0 saturated carbocycles. The lowest BCUT2D eigenvalue weighted by Gasteiger charge is -2.27. The molecule has 2 heterocycles. The molecule has 2 N–H and O–H groups in total. The monoisotopic (exact) mass is 415 g/mol. The number of aromatic nitrogens is 1. The first-order chi connectivity index (χ1) is 12.5. The van der Waals surface area contributed by atoms with Crippen LogP contribution in [0.5, 0.6) is 5.75 Å². The number of methoxy groups -OCH3 is 1. The Morgan fingerprint density at radius 1 is 1.42 bits per heavy atom. The van der Waals surface area contributed by atoms with E-state index in [9.17, 15) is 10.1 Å². The molecule has 0 amide bonds. The number of benzene rings is 1. The highest BCUT2D eigenvalue weighted by Crippen LogP contribution is 2.42. The molecular formula is C19H18BrN3O3. The third-order valence-corrected chi connectivity index (χ3v) is 5.15. The Morgan fingerprint density at radius 2 is 2.15 bits per heavy atom. The molecule has 1 aliphatic rings. The maximum Gasteiger partial charge on any atom is 0.258 e. The van der Waals surface area contributed by atoms with Gasteiger partial charge in [0.2, 0.25) is 5.88 Å². The van der Waals surface area contributed by atoms with Crippen LogP contribution >= 0.6 is 15.9 Å². The molecule has 0 bridgehead atoms. The van der Waals surface area contributed by atoms with Gasteiger partial charge in [0.05, 0.1) is 18.1 Å². The van der Waals surface area contributed by atoms with Crippen LogP contribution in [0.3, 0.4) is 0 Å². The molecule has 2 aromatic rings. The van der Waals surface area contributed by atoms with Gasteiger partial charge in [0, 0.05) is 29.9 Å². The van der Waals surface area contributed by atoms with Gasteiger partial charge < -0.3 is 19.8 Å². The molecule has 7 heteroatoms. The first-order valence-electron chi connectivity index (χ1n) is 8.04. The molecule has 0 fully saturated rings.